The van der Waals surface area contributed by atoms with Gasteiger partial charge in [0.05, 0.1) is 47.6 Å². The first kappa shape index (κ1) is 29.7. The van der Waals surface area contributed by atoms with E-state index in [0.717, 1.165) is 31.5 Å². The highest BCUT2D eigenvalue weighted by molar-refractivity contribution is 6.32. The quantitative estimate of drug-likeness (QED) is 0.272. The summed E-state index contributed by atoms with van der Waals surface area (Å²) in [5.74, 6) is -5.38. The molecule has 212 valence electrons. The second-order valence-electron chi connectivity index (χ2n) is 7.56. The number of carbonyl (C=O) groups excluding carboxylic acids is 2. The van der Waals surface area contributed by atoms with Crippen LogP contribution in [0.3, 0.4) is 0 Å². The number of aromatic nitrogens is 2. The number of alkyl halides is 3. The van der Waals surface area contributed by atoms with E-state index in [4.69, 9.17) is 26.2 Å². The second-order valence-corrected chi connectivity index (χ2v) is 7.97. The average molecular weight is 590 g/mol. The number of benzene rings is 2. The number of nitrogens with one attached hydrogen (secondary N) is 1. The van der Waals surface area contributed by atoms with Crippen molar-refractivity contribution in [1.82, 2.24) is 9.95 Å². The SMILES string of the molecule is COc1cc(F)ccc1Oc1cc(C(F)(F)F)c(Cl)cc1C(=O)Nc1cnn(C(=O)CCC(=O)O)ooc(=O)c1. The van der Waals surface area contributed by atoms with Crippen molar-refractivity contribution in [3.05, 3.63) is 75.0 Å². The first-order valence-electron chi connectivity index (χ1n) is 10.7. The summed E-state index contributed by atoms with van der Waals surface area (Å²) in [5, 5.41) is 13.5. The van der Waals surface area contributed by atoms with Gasteiger partial charge in [0, 0.05) is 12.5 Å². The number of aliphatic carboxylic acids is 1. The minimum absolute atomic E-state index is 0.143. The van der Waals surface area contributed by atoms with E-state index in [2.05, 4.69) is 19.7 Å². The highest BCUT2D eigenvalue weighted by Gasteiger charge is 2.35. The number of carboxylic acid groups (broad SMARTS) is 1. The molecule has 12 nitrogen and oxygen atoms in total. The highest BCUT2D eigenvalue weighted by atomic mass is 35.5. The molecule has 3 rings (SSSR count). The van der Waals surface area contributed by atoms with Gasteiger partial charge in [-0.25, -0.2) is 13.8 Å². The van der Waals surface area contributed by atoms with E-state index in [1.165, 1.54) is 0 Å². The predicted octanol–water partition coefficient (Wildman–Crippen LogP) is 4.92. The number of nitrogens with zero attached hydrogens (tertiary/aromatic N) is 2. The lowest BCUT2D eigenvalue weighted by Gasteiger charge is -2.17. The van der Waals surface area contributed by atoms with Crippen LogP contribution in [0.5, 0.6) is 17.2 Å². The van der Waals surface area contributed by atoms with E-state index >= 15 is 0 Å². The third-order valence-electron chi connectivity index (χ3n) is 4.75. The van der Waals surface area contributed by atoms with Crippen LogP contribution in [0.4, 0.5) is 23.2 Å². The summed E-state index contributed by atoms with van der Waals surface area (Å²) in [6, 6.07) is 4.61. The van der Waals surface area contributed by atoms with Gasteiger partial charge in [0.2, 0.25) is 0 Å². The van der Waals surface area contributed by atoms with Crippen LogP contribution in [0, 0.1) is 5.82 Å². The first-order chi connectivity index (χ1) is 18.8. The largest absolute Gasteiger partial charge is 0.493 e. The molecule has 0 saturated heterocycles. The molecule has 2 N–H and O–H groups in total. The third kappa shape index (κ3) is 7.59. The maximum Gasteiger partial charge on any atom is 0.417 e. The summed E-state index contributed by atoms with van der Waals surface area (Å²) in [6.45, 7) is 0. The molecule has 1 aromatic heterocycles. The number of rotatable bonds is 8. The van der Waals surface area contributed by atoms with E-state index in [9.17, 15) is 36.7 Å². The standard InChI is InChI=1S/C23H16ClF4N3O9/c1-37-18-6-11(25)2-3-16(18)38-17-9-14(23(26,27)28)15(24)8-13(17)22(36)30-12-7-21(35)39-40-31(29-10-12)19(32)4-5-20(33)34/h2-3,6-10H,4-5H2,1H3,(H,30,36)(H,33,34). The van der Waals surface area contributed by atoms with Crippen LogP contribution in [-0.2, 0) is 11.0 Å². The van der Waals surface area contributed by atoms with Crippen molar-refractivity contribution in [2.24, 2.45) is 0 Å². The first-order valence-corrected chi connectivity index (χ1v) is 11.1. The number of anilines is 1. The lowest BCUT2D eigenvalue weighted by atomic mass is 10.1. The van der Waals surface area contributed by atoms with Crippen LogP contribution in [0.1, 0.15) is 33.6 Å². The van der Waals surface area contributed by atoms with Crippen LogP contribution in [0.2, 0.25) is 5.02 Å². The molecule has 1 heterocycles. The van der Waals surface area contributed by atoms with Crippen molar-refractivity contribution in [2.45, 2.75) is 19.0 Å². The molecule has 3 aromatic rings. The van der Waals surface area contributed by atoms with Crippen molar-refractivity contribution in [2.75, 3.05) is 12.4 Å². The Morgan fingerprint density at radius 1 is 1.10 bits per heavy atom. The summed E-state index contributed by atoms with van der Waals surface area (Å²) in [4.78, 5) is 47.9. The van der Waals surface area contributed by atoms with Crippen LogP contribution >= 0.6 is 11.6 Å². The number of methoxy groups -OCH3 is 1. The van der Waals surface area contributed by atoms with Gasteiger partial charge in [0.25, 0.3) is 11.8 Å². The second kappa shape index (κ2) is 12.3. The van der Waals surface area contributed by atoms with Gasteiger partial charge in [0.1, 0.15) is 11.6 Å². The molecule has 40 heavy (non-hydrogen) atoms. The molecule has 0 aliphatic heterocycles. The minimum Gasteiger partial charge on any atom is -0.493 e. The molecule has 0 aliphatic carbocycles. The van der Waals surface area contributed by atoms with Crippen molar-refractivity contribution in [3.8, 4) is 17.2 Å². The lowest BCUT2D eigenvalue weighted by molar-refractivity contribution is -0.138. The Kier molecular flexibility index (Phi) is 9.15. The Hall–Kier alpha value is -4.86. The zero-order valence-electron chi connectivity index (χ0n) is 20.0. The smallest absolute Gasteiger partial charge is 0.417 e. The molecule has 0 radical (unpaired) electrons. The fourth-order valence-electron chi connectivity index (χ4n) is 2.95. The molecule has 2 aromatic carbocycles. The number of carbonyl (C=O) groups is 3. The van der Waals surface area contributed by atoms with Crippen LogP contribution < -0.4 is 20.4 Å². The normalized spacial score (nSPS) is 10.9. The number of ether oxygens (including phenoxy) is 2. The maximum atomic E-state index is 13.6. The summed E-state index contributed by atoms with van der Waals surface area (Å²) in [5.41, 5.74) is -3.62. The minimum atomic E-state index is -4.95. The van der Waals surface area contributed by atoms with Crippen LogP contribution in [-0.4, -0.2) is 40.0 Å². The maximum absolute atomic E-state index is 13.6. The molecule has 0 saturated carbocycles. The van der Waals surface area contributed by atoms with Crippen molar-refractivity contribution in [3.63, 3.8) is 0 Å². The number of halogens is 5. The van der Waals surface area contributed by atoms with Gasteiger partial charge in [-0.3, -0.25) is 14.4 Å². The van der Waals surface area contributed by atoms with Gasteiger partial charge in [-0.15, -0.1) is 5.10 Å². The third-order valence-corrected chi connectivity index (χ3v) is 5.07. The fraction of sp³-hybridized carbons (Fsp3) is 0.174. The number of hydrogen-bond donors (Lipinski definition) is 2. The number of hydrogen-bond acceptors (Lipinski definition) is 9. The van der Waals surface area contributed by atoms with E-state index in [-0.39, 0.29) is 16.4 Å². The average Bonchev–Trinajstić information content (AvgIpc) is 2.86. The van der Waals surface area contributed by atoms with Crippen molar-refractivity contribution in [1.29, 1.82) is 0 Å². The molecule has 0 fully saturated rings. The molecule has 0 bridgehead atoms. The molecule has 0 atom stereocenters. The Morgan fingerprint density at radius 2 is 1.82 bits per heavy atom. The monoisotopic (exact) mass is 589 g/mol. The van der Waals surface area contributed by atoms with E-state index in [0.29, 0.717) is 18.2 Å². The topological polar surface area (TPSA) is 163 Å². The molecule has 1 amide bonds. The molecular formula is C23H16ClF4N3O9. The molecule has 17 heteroatoms. The summed E-state index contributed by atoms with van der Waals surface area (Å²) in [7, 11) is 1.15. The summed E-state index contributed by atoms with van der Waals surface area (Å²) in [6.07, 6.45) is -5.40. The Morgan fingerprint density at radius 3 is 2.48 bits per heavy atom. The summed E-state index contributed by atoms with van der Waals surface area (Å²) < 4.78 is 73.3. The van der Waals surface area contributed by atoms with Gasteiger partial charge < -0.3 is 19.9 Å². The van der Waals surface area contributed by atoms with Crippen molar-refractivity contribution >= 4 is 35.1 Å². The van der Waals surface area contributed by atoms with Crippen LogP contribution in [0.25, 0.3) is 0 Å². The Labute approximate surface area is 224 Å². The predicted molar refractivity (Wildman–Crippen MR) is 126 cm³/mol. The van der Waals surface area contributed by atoms with Gasteiger partial charge in [-0.2, -0.15) is 17.9 Å². The van der Waals surface area contributed by atoms with E-state index in [1.54, 1.807) is 0 Å². The molecule has 0 aliphatic rings. The molecule has 0 unspecified atom stereocenters. The Bertz CT molecular complexity index is 1560. The lowest BCUT2D eigenvalue weighted by Crippen LogP contribution is -2.18. The molecule has 0 spiro atoms. The van der Waals surface area contributed by atoms with Gasteiger partial charge in [0.15, 0.2) is 11.5 Å². The zero-order chi connectivity index (χ0) is 29.6. The van der Waals surface area contributed by atoms with Gasteiger partial charge in [-0.1, -0.05) is 11.6 Å². The number of amides is 1. The molecular weight excluding hydrogens is 574 g/mol. The highest BCUT2D eigenvalue weighted by Crippen LogP contribution is 2.41. The van der Waals surface area contributed by atoms with E-state index < -0.39 is 75.8 Å². The van der Waals surface area contributed by atoms with Crippen LogP contribution in [0.15, 0.2) is 56.6 Å². The van der Waals surface area contributed by atoms with Crippen molar-refractivity contribution < 1.29 is 55.8 Å². The van der Waals surface area contributed by atoms with Gasteiger partial charge in [-0.05, 0) is 29.1 Å². The zero-order valence-corrected chi connectivity index (χ0v) is 20.7. The Balaban J connectivity index is 2.04. The van der Waals surface area contributed by atoms with Gasteiger partial charge >= 0.3 is 17.8 Å². The summed E-state index contributed by atoms with van der Waals surface area (Å²) >= 11 is 5.78. The van der Waals surface area contributed by atoms with E-state index in [1.807, 2.05) is 0 Å². The fourth-order valence-corrected chi connectivity index (χ4v) is 3.22. The number of carboxylic acids is 1.